The van der Waals surface area contributed by atoms with Crippen LogP contribution in [0, 0.1) is 0 Å². The summed E-state index contributed by atoms with van der Waals surface area (Å²) in [6, 6.07) is 4.06. The summed E-state index contributed by atoms with van der Waals surface area (Å²) < 4.78 is 11.4. The lowest BCUT2D eigenvalue weighted by molar-refractivity contribution is 0.211. The average Bonchev–Trinajstić information content (AvgIpc) is 2.61. The molecule has 1 saturated heterocycles. The fourth-order valence-electron chi connectivity index (χ4n) is 2.50. The molecule has 0 bridgehead atoms. The summed E-state index contributed by atoms with van der Waals surface area (Å²) in [7, 11) is 0. The third-order valence-corrected chi connectivity index (χ3v) is 3.65. The molecule has 0 saturated carbocycles. The molecule has 2 aromatic heterocycles. The van der Waals surface area contributed by atoms with Crippen molar-refractivity contribution >= 4 is 18.2 Å². The quantitative estimate of drug-likeness (QED) is 0.791. The van der Waals surface area contributed by atoms with Crippen molar-refractivity contribution in [2.45, 2.75) is 13.0 Å². The molecule has 7 nitrogen and oxygen atoms in total. The van der Waals surface area contributed by atoms with Gasteiger partial charge in [-0.05, 0) is 19.1 Å². The molecule has 8 heteroatoms. The highest BCUT2D eigenvalue weighted by molar-refractivity contribution is 5.85. The van der Waals surface area contributed by atoms with Crippen LogP contribution in [0.15, 0.2) is 36.9 Å². The number of anilines is 1. The van der Waals surface area contributed by atoms with Crippen LogP contribution in [-0.4, -0.2) is 53.8 Å². The monoisotopic (exact) mass is 351 g/mol. The number of nitrogens with one attached hydrogen (secondary N) is 1. The maximum atomic E-state index is 5.78. The smallest absolute Gasteiger partial charge is 0.257 e. The Hall–Kier alpha value is -2.12. The van der Waals surface area contributed by atoms with Gasteiger partial charge in [-0.3, -0.25) is 4.98 Å². The van der Waals surface area contributed by atoms with Crippen molar-refractivity contribution in [1.29, 1.82) is 0 Å². The van der Waals surface area contributed by atoms with E-state index in [1.807, 2.05) is 12.1 Å². The number of hydrogen-bond donors (Lipinski definition) is 1. The van der Waals surface area contributed by atoms with Crippen molar-refractivity contribution in [3.8, 4) is 11.6 Å². The third-order valence-electron chi connectivity index (χ3n) is 3.65. The van der Waals surface area contributed by atoms with Gasteiger partial charge in [0.1, 0.15) is 19.0 Å². The van der Waals surface area contributed by atoms with Crippen LogP contribution in [0.4, 0.5) is 5.82 Å². The first kappa shape index (κ1) is 18.2. The normalized spacial score (nSPS) is 17.0. The zero-order valence-corrected chi connectivity index (χ0v) is 14.4. The molecule has 0 aliphatic carbocycles. The van der Waals surface area contributed by atoms with Gasteiger partial charge in [0.25, 0.3) is 5.88 Å². The first-order chi connectivity index (χ1) is 11.3. The Labute approximate surface area is 147 Å². The number of hydrogen-bond acceptors (Lipinski definition) is 7. The van der Waals surface area contributed by atoms with E-state index in [4.69, 9.17) is 9.47 Å². The van der Waals surface area contributed by atoms with Crippen LogP contribution >= 0.6 is 12.4 Å². The summed E-state index contributed by atoms with van der Waals surface area (Å²) in [5.41, 5.74) is 0. The highest BCUT2D eigenvalue weighted by Crippen LogP contribution is 2.25. The summed E-state index contributed by atoms with van der Waals surface area (Å²) in [6.45, 7) is 5.75. The van der Waals surface area contributed by atoms with E-state index in [0.29, 0.717) is 25.1 Å². The summed E-state index contributed by atoms with van der Waals surface area (Å²) in [5, 5.41) is 3.37. The van der Waals surface area contributed by atoms with Gasteiger partial charge in [0, 0.05) is 44.3 Å². The minimum Gasteiger partial charge on any atom is -0.488 e. The Morgan fingerprint density at radius 1 is 1.21 bits per heavy atom. The van der Waals surface area contributed by atoms with E-state index in [2.05, 4.69) is 32.1 Å². The first-order valence-electron chi connectivity index (χ1n) is 7.78. The van der Waals surface area contributed by atoms with Crippen LogP contribution in [0.1, 0.15) is 6.92 Å². The van der Waals surface area contributed by atoms with Crippen LogP contribution in [-0.2, 0) is 0 Å². The second-order valence-corrected chi connectivity index (χ2v) is 5.32. The lowest BCUT2D eigenvalue weighted by Gasteiger charge is -2.35. The van der Waals surface area contributed by atoms with Crippen LogP contribution < -0.4 is 19.7 Å². The molecule has 1 aliphatic rings. The lowest BCUT2D eigenvalue weighted by atomic mass is 10.2. The largest absolute Gasteiger partial charge is 0.488 e. The molecule has 3 rings (SSSR count). The number of halogens is 1. The number of pyridine rings is 1. The van der Waals surface area contributed by atoms with E-state index in [1.165, 1.54) is 0 Å². The molecule has 24 heavy (non-hydrogen) atoms. The molecule has 1 N–H and O–H groups in total. The Morgan fingerprint density at radius 2 is 2.04 bits per heavy atom. The Morgan fingerprint density at radius 3 is 2.83 bits per heavy atom. The van der Waals surface area contributed by atoms with Crippen molar-refractivity contribution in [1.82, 2.24) is 20.3 Å². The lowest BCUT2D eigenvalue weighted by Crippen LogP contribution is -2.50. The molecule has 0 radical (unpaired) electrons. The fourth-order valence-corrected chi connectivity index (χ4v) is 2.50. The van der Waals surface area contributed by atoms with Crippen molar-refractivity contribution in [2.75, 3.05) is 37.7 Å². The van der Waals surface area contributed by atoms with Crippen molar-refractivity contribution in [3.63, 3.8) is 0 Å². The van der Waals surface area contributed by atoms with E-state index >= 15 is 0 Å². The van der Waals surface area contributed by atoms with Crippen LogP contribution in [0.25, 0.3) is 0 Å². The van der Waals surface area contributed by atoms with Crippen LogP contribution in [0.2, 0.25) is 0 Å². The number of nitrogens with zero attached hydrogens (tertiary/aromatic N) is 4. The second-order valence-electron chi connectivity index (χ2n) is 5.32. The number of aromatic nitrogens is 3. The SMILES string of the molecule is CC1CNCCN1c1nccnc1OCCOc1cccnc1.Cl. The van der Waals surface area contributed by atoms with Gasteiger partial charge in [-0.25, -0.2) is 9.97 Å². The molecular formula is C16H22ClN5O2. The highest BCUT2D eigenvalue weighted by Gasteiger charge is 2.23. The van der Waals surface area contributed by atoms with Gasteiger partial charge >= 0.3 is 0 Å². The standard InChI is InChI=1S/C16H21N5O2.ClH/c1-13-11-18-7-8-21(13)15-16(20-6-5-19-15)23-10-9-22-14-3-2-4-17-12-14;/h2-6,12-13,18H,7-11H2,1H3;1H. The van der Waals surface area contributed by atoms with Crippen LogP contribution in [0.3, 0.4) is 0 Å². The minimum absolute atomic E-state index is 0. The molecule has 1 aliphatic heterocycles. The summed E-state index contributed by atoms with van der Waals surface area (Å²) in [4.78, 5) is 15.0. The van der Waals surface area contributed by atoms with Gasteiger partial charge in [0.05, 0.1) is 6.20 Å². The second kappa shape index (κ2) is 9.24. The molecular weight excluding hydrogens is 330 g/mol. The maximum absolute atomic E-state index is 5.78. The predicted octanol–water partition coefficient (Wildman–Crippen LogP) is 1.55. The number of rotatable bonds is 6. The van der Waals surface area contributed by atoms with Crippen molar-refractivity contribution in [3.05, 3.63) is 36.9 Å². The molecule has 1 atom stereocenters. The molecule has 130 valence electrons. The summed E-state index contributed by atoms with van der Waals surface area (Å²) in [5.74, 6) is 2.07. The van der Waals surface area contributed by atoms with Crippen molar-refractivity contribution < 1.29 is 9.47 Å². The van der Waals surface area contributed by atoms with E-state index in [0.717, 1.165) is 31.2 Å². The van der Waals surface area contributed by atoms with E-state index in [-0.39, 0.29) is 12.4 Å². The summed E-state index contributed by atoms with van der Waals surface area (Å²) >= 11 is 0. The highest BCUT2D eigenvalue weighted by atomic mass is 35.5. The van der Waals surface area contributed by atoms with Gasteiger partial charge in [0.2, 0.25) is 0 Å². The average molecular weight is 352 g/mol. The molecule has 0 aromatic carbocycles. The maximum Gasteiger partial charge on any atom is 0.257 e. The minimum atomic E-state index is 0. The topological polar surface area (TPSA) is 72.4 Å². The van der Waals surface area contributed by atoms with E-state index in [1.54, 1.807) is 24.8 Å². The number of ether oxygens (including phenoxy) is 2. The Bertz CT molecular complexity index is 616. The first-order valence-corrected chi connectivity index (χ1v) is 7.78. The zero-order chi connectivity index (χ0) is 15.9. The van der Waals surface area contributed by atoms with Gasteiger partial charge in [-0.15, -0.1) is 12.4 Å². The molecule has 2 aromatic rings. The molecule has 0 amide bonds. The van der Waals surface area contributed by atoms with Crippen LogP contribution in [0.5, 0.6) is 11.6 Å². The molecule has 1 unspecified atom stereocenters. The van der Waals surface area contributed by atoms with Gasteiger partial charge in [0.15, 0.2) is 5.82 Å². The van der Waals surface area contributed by atoms with Crippen molar-refractivity contribution in [2.24, 2.45) is 0 Å². The Kier molecular flexibility index (Phi) is 7.02. The van der Waals surface area contributed by atoms with E-state index < -0.39 is 0 Å². The number of piperazine rings is 1. The van der Waals surface area contributed by atoms with E-state index in [9.17, 15) is 0 Å². The van der Waals surface area contributed by atoms with Gasteiger partial charge < -0.3 is 19.7 Å². The Balaban J connectivity index is 0.00000208. The third kappa shape index (κ3) is 4.69. The molecule has 0 spiro atoms. The molecule has 3 heterocycles. The zero-order valence-electron chi connectivity index (χ0n) is 13.6. The van der Waals surface area contributed by atoms with Gasteiger partial charge in [-0.1, -0.05) is 0 Å². The van der Waals surface area contributed by atoms with Gasteiger partial charge in [-0.2, -0.15) is 0 Å². The molecule has 1 fully saturated rings. The predicted molar refractivity (Wildman–Crippen MR) is 94.2 cm³/mol. The fraction of sp³-hybridized carbons (Fsp3) is 0.438. The summed E-state index contributed by atoms with van der Waals surface area (Å²) in [6.07, 6.45) is 6.73.